The number of nitrogen functional groups attached to an aromatic ring is 1. The maximum Gasteiger partial charge on any atom is 0.335 e. The van der Waals surface area contributed by atoms with Crippen molar-refractivity contribution in [2.24, 2.45) is 5.73 Å². The number of aromatic carboxylic acids is 1. The van der Waals surface area contributed by atoms with Gasteiger partial charge in [0.15, 0.2) is 0 Å². The molecule has 2 unspecified atom stereocenters. The van der Waals surface area contributed by atoms with E-state index in [-0.39, 0.29) is 29.9 Å². The first-order valence-corrected chi connectivity index (χ1v) is 13.9. The van der Waals surface area contributed by atoms with Crippen LogP contribution >= 0.6 is 0 Å². The molecule has 2 aliphatic rings. The second-order valence-corrected chi connectivity index (χ2v) is 11.4. The average molecular weight is 543 g/mol. The van der Waals surface area contributed by atoms with Gasteiger partial charge in [-0.25, -0.2) is 13.2 Å². The standard InChI is InChI=1S/C25H30N6O6S/c1-38(36,37)30-12-10-29(11-13-30)20-14-21(23(32)28-19-8-6-18(7-9-19)25(34)35)31(15-20)24(33)17-4-2-16(3-5-17)22(26)27/h2-9,20-21H,10-15H2,1H3,(H3,26,27)(H,28,32)(H,34,35). The topological polar surface area (TPSA) is 177 Å². The van der Waals surface area contributed by atoms with Gasteiger partial charge in [-0.3, -0.25) is 19.9 Å². The second-order valence-electron chi connectivity index (χ2n) is 9.42. The highest BCUT2D eigenvalue weighted by molar-refractivity contribution is 7.88. The number of carboxylic acid groups (broad SMARTS) is 1. The Kier molecular flexibility index (Phi) is 7.81. The van der Waals surface area contributed by atoms with Crippen molar-refractivity contribution in [2.75, 3.05) is 44.3 Å². The lowest BCUT2D eigenvalue weighted by Gasteiger charge is -2.36. The quantitative estimate of drug-likeness (QED) is 0.288. The number of nitrogens with zero attached hydrogens (tertiary/aromatic N) is 3. The van der Waals surface area contributed by atoms with Crippen LogP contribution in [0, 0.1) is 5.41 Å². The van der Waals surface area contributed by atoms with Crippen LogP contribution in [0.2, 0.25) is 0 Å². The average Bonchev–Trinajstić information content (AvgIpc) is 3.34. The lowest BCUT2D eigenvalue weighted by molar-refractivity contribution is -0.119. The Bertz CT molecular complexity index is 1340. The molecule has 0 saturated carbocycles. The van der Waals surface area contributed by atoms with E-state index in [9.17, 15) is 22.8 Å². The van der Waals surface area contributed by atoms with Crippen LogP contribution in [0.3, 0.4) is 0 Å². The largest absolute Gasteiger partial charge is 0.478 e. The van der Waals surface area contributed by atoms with Gasteiger partial charge in [0.1, 0.15) is 11.9 Å². The molecule has 4 rings (SSSR count). The van der Waals surface area contributed by atoms with Crippen molar-refractivity contribution in [2.45, 2.75) is 18.5 Å². The molecule has 2 aromatic carbocycles. The SMILES string of the molecule is CS(=O)(=O)N1CCN(C2CC(C(=O)Nc3ccc(C(=O)O)cc3)N(C(=O)c3ccc(C(=N)N)cc3)C2)CC1. The van der Waals surface area contributed by atoms with Crippen LogP contribution in [-0.4, -0.2) is 102 Å². The molecule has 5 N–H and O–H groups in total. The minimum Gasteiger partial charge on any atom is -0.478 e. The lowest BCUT2D eigenvalue weighted by Crippen LogP contribution is -2.52. The van der Waals surface area contributed by atoms with E-state index in [2.05, 4.69) is 10.2 Å². The van der Waals surface area contributed by atoms with Crippen molar-refractivity contribution >= 4 is 39.3 Å². The van der Waals surface area contributed by atoms with Gasteiger partial charge in [-0.15, -0.1) is 0 Å². The summed E-state index contributed by atoms with van der Waals surface area (Å²) < 4.78 is 25.2. The number of likely N-dealkylation sites (tertiary alicyclic amines) is 1. The highest BCUT2D eigenvalue weighted by Crippen LogP contribution is 2.27. The molecule has 0 spiro atoms. The molecule has 0 radical (unpaired) electrons. The number of anilines is 1. The van der Waals surface area contributed by atoms with Crippen molar-refractivity contribution in [1.82, 2.24) is 14.1 Å². The van der Waals surface area contributed by atoms with Crippen molar-refractivity contribution < 1.29 is 27.9 Å². The zero-order valence-corrected chi connectivity index (χ0v) is 21.6. The summed E-state index contributed by atoms with van der Waals surface area (Å²) in [6, 6.07) is 11.1. The van der Waals surface area contributed by atoms with Crippen LogP contribution in [0.15, 0.2) is 48.5 Å². The summed E-state index contributed by atoms with van der Waals surface area (Å²) in [5, 5.41) is 19.4. The number of rotatable bonds is 7. The van der Waals surface area contributed by atoms with E-state index in [0.717, 1.165) is 0 Å². The summed E-state index contributed by atoms with van der Waals surface area (Å²) in [5.41, 5.74) is 6.83. The number of benzene rings is 2. The Morgan fingerprint density at radius 2 is 1.50 bits per heavy atom. The van der Waals surface area contributed by atoms with E-state index in [0.29, 0.717) is 49.4 Å². The van der Waals surface area contributed by atoms with E-state index < -0.39 is 27.9 Å². The van der Waals surface area contributed by atoms with Gasteiger partial charge in [-0.05, 0) is 42.8 Å². The molecule has 0 aromatic heterocycles. The first kappa shape index (κ1) is 27.2. The third kappa shape index (κ3) is 6.01. The van der Waals surface area contributed by atoms with Gasteiger partial charge in [0.05, 0.1) is 11.8 Å². The number of hydrogen-bond donors (Lipinski definition) is 4. The molecule has 12 nitrogen and oxygen atoms in total. The number of hydrogen-bond acceptors (Lipinski definition) is 7. The summed E-state index contributed by atoms with van der Waals surface area (Å²) in [4.78, 5) is 41.6. The molecule has 2 aromatic rings. The van der Waals surface area contributed by atoms with E-state index in [1.165, 1.54) is 39.7 Å². The molecule has 2 aliphatic heterocycles. The van der Waals surface area contributed by atoms with Crippen LogP contribution in [0.5, 0.6) is 0 Å². The van der Waals surface area contributed by atoms with Gasteiger partial charge in [0.25, 0.3) is 5.91 Å². The molecule has 0 bridgehead atoms. The predicted molar refractivity (Wildman–Crippen MR) is 141 cm³/mol. The van der Waals surface area contributed by atoms with Gasteiger partial charge in [-0.2, -0.15) is 4.31 Å². The first-order chi connectivity index (χ1) is 17.9. The van der Waals surface area contributed by atoms with Gasteiger partial charge >= 0.3 is 5.97 Å². The molecule has 202 valence electrons. The maximum atomic E-state index is 13.5. The molecule has 2 saturated heterocycles. The Morgan fingerprint density at radius 1 is 0.947 bits per heavy atom. The Morgan fingerprint density at radius 3 is 2.03 bits per heavy atom. The smallest absolute Gasteiger partial charge is 0.335 e. The zero-order valence-electron chi connectivity index (χ0n) is 20.8. The van der Waals surface area contributed by atoms with Crippen LogP contribution in [0.1, 0.15) is 32.7 Å². The summed E-state index contributed by atoms with van der Waals surface area (Å²) in [5.74, 6) is -1.95. The lowest BCUT2D eigenvalue weighted by atomic mass is 10.1. The van der Waals surface area contributed by atoms with Gasteiger partial charge < -0.3 is 21.1 Å². The third-order valence-electron chi connectivity index (χ3n) is 6.94. The van der Waals surface area contributed by atoms with Gasteiger partial charge in [-0.1, -0.05) is 12.1 Å². The minimum atomic E-state index is -3.29. The van der Waals surface area contributed by atoms with Crippen molar-refractivity contribution in [3.63, 3.8) is 0 Å². The first-order valence-electron chi connectivity index (χ1n) is 12.0. The molecule has 2 atom stereocenters. The Hall–Kier alpha value is -3.81. The fourth-order valence-electron chi connectivity index (χ4n) is 4.83. The number of carbonyl (C=O) groups is 3. The van der Waals surface area contributed by atoms with Crippen LogP contribution in [-0.2, 0) is 14.8 Å². The number of carboxylic acids is 1. The number of carbonyl (C=O) groups excluding carboxylic acids is 2. The number of nitrogens with one attached hydrogen (secondary N) is 2. The molecule has 2 fully saturated rings. The Balaban J connectivity index is 1.54. The molecule has 13 heteroatoms. The zero-order chi connectivity index (χ0) is 27.6. The van der Waals surface area contributed by atoms with Crippen molar-refractivity contribution in [3.05, 3.63) is 65.2 Å². The van der Waals surface area contributed by atoms with E-state index in [1.54, 1.807) is 24.3 Å². The summed E-state index contributed by atoms with van der Waals surface area (Å²) in [6.45, 7) is 1.92. The van der Waals surface area contributed by atoms with E-state index in [4.69, 9.17) is 16.2 Å². The molecule has 2 heterocycles. The summed E-state index contributed by atoms with van der Waals surface area (Å²) >= 11 is 0. The van der Waals surface area contributed by atoms with Crippen LogP contribution in [0.4, 0.5) is 5.69 Å². The fraction of sp³-hybridized carbons (Fsp3) is 0.360. The molecular formula is C25H30N6O6S. The Labute approximate surface area is 220 Å². The number of piperazine rings is 1. The van der Waals surface area contributed by atoms with E-state index >= 15 is 0 Å². The second kappa shape index (κ2) is 10.9. The van der Waals surface area contributed by atoms with Crippen LogP contribution < -0.4 is 11.1 Å². The predicted octanol–water partition coefficient (Wildman–Crippen LogP) is 0.468. The number of nitrogens with two attached hydrogens (primary N) is 1. The monoisotopic (exact) mass is 542 g/mol. The summed E-state index contributed by atoms with van der Waals surface area (Å²) in [6.07, 6.45) is 1.54. The van der Waals surface area contributed by atoms with Gasteiger partial charge in [0.2, 0.25) is 15.9 Å². The highest BCUT2D eigenvalue weighted by atomic mass is 32.2. The highest BCUT2D eigenvalue weighted by Gasteiger charge is 2.43. The normalized spacial score (nSPS) is 20.7. The number of amides is 2. The maximum absolute atomic E-state index is 13.5. The minimum absolute atomic E-state index is 0.0861. The molecule has 38 heavy (non-hydrogen) atoms. The molecular weight excluding hydrogens is 512 g/mol. The number of sulfonamides is 1. The van der Waals surface area contributed by atoms with E-state index in [1.807, 2.05) is 0 Å². The molecule has 2 amide bonds. The van der Waals surface area contributed by atoms with Crippen molar-refractivity contribution in [1.29, 1.82) is 5.41 Å². The molecule has 0 aliphatic carbocycles. The third-order valence-corrected chi connectivity index (χ3v) is 8.25. The fourth-order valence-corrected chi connectivity index (χ4v) is 5.66. The van der Waals surface area contributed by atoms with Gasteiger partial charge in [0, 0.05) is 55.6 Å². The summed E-state index contributed by atoms with van der Waals surface area (Å²) in [7, 11) is -3.29. The van der Waals surface area contributed by atoms with Crippen LogP contribution in [0.25, 0.3) is 0 Å². The number of amidine groups is 1. The van der Waals surface area contributed by atoms with Crippen molar-refractivity contribution in [3.8, 4) is 0 Å².